The number of carbonyl (C=O) groups excluding carboxylic acids is 2. The third-order valence-electron chi connectivity index (χ3n) is 6.21. The van der Waals surface area contributed by atoms with Crippen LogP contribution in [0.5, 0.6) is 0 Å². The lowest BCUT2D eigenvalue weighted by molar-refractivity contribution is -0.123. The SMILES string of the molecule is CCOCCCN1C(=O)/C(=C/c2cc3cc(C)ccc3nc2N2CCC(C(N)=O)CC2)SC1=S. The Labute approximate surface area is 209 Å². The van der Waals surface area contributed by atoms with Crippen LogP contribution in [0.4, 0.5) is 5.82 Å². The topological polar surface area (TPSA) is 88.8 Å². The molecule has 2 N–H and O–H groups in total. The number of ether oxygens (including phenoxy) is 1. The Hall–Kier alpha value is -2.49. The Morgan fingerprint density at radius 2 is 2.09 bits per heavy atom. The summed E-state index contributed by atoms with van der Waals surface area (Å²) in [6.07, 6.45) is 4.05. The first-order chi connectivity index (χ1) is 16.4. The van der Waals surface area contributed by atoms with Crippen LogP contribution in [0.3, 0.4) is 0 Å². The van der Waals surface area contributed by atoms with Gasteiger partial charge in [-0.2, -0.15) is 0 Å². The van der Waals surface area contributed by atoms with Gasteiger partial charge >= 0.3 is 0 Å². The summed E-state index contributed by atoms with van der Waals surface area (Å²) >= 11 is 6.82. The summed E-state index contributed by atoms with van der Waals surface area (Å²) < 4.78 is 5.97. The number of nitrogens with two attached hydrogens (primary N) is 1. The second-order valence-electron chi connectivity index (χ2n) is 8.64. The van der Waals surface area contributed by atoms with Crippen molar-refractivity contribution in [2.24, 2.45) is 11.7 Å². The lowest BCUT2D eigenvalue weighted by Crippen LogP contribution is -2.39. The van der Waals surface area contributed by atoms with Gasteiger partial charge < -0.3 is 15.4 Å². The van der Waals surface area contributed by atoms with E-state index in [-0.39, 0.29) is 17.7 Å². The van der Waals surface area contributed by atoms with E-state index in [1.54, 1.807) is 4.90 Å². The van der Waals surface area contributed by atoms with Gasteiger partial charge in [-0.3, -0.25) is 14.5 Å². The first kappa shape index (κ1) is 24.6. The number of amides is 2. The Morgan fingerprint density at radius 1 is 1.32 bits per heavy atom. The molecule has 0 atom stereocenters. The molecule has 34 heavy (non-hydrogen) atoms. The first-order valence-electron chi connectivity index (χ1n) is 11.7. The van der Waals surface area contributed by atoms with Crippen molar-refractivity contribution in [3.05, 3.63) is 40.3 Å². The average molecular weight is 499 g/mol. The predicted octanol–water partition coefficient (Wildman–Crippen LogP) is 3.87. The Bertz CT molecular complexity index is 1140. The highest BCUT2D eigenvalue weighted by Crippen LogP contribution is 2.36. The number of piperidine rings is 1. The van der Waals surface area contributed by atoms with E-state index in [9.17, 15) is 9.59 Å². The molecule has 3 heterocycles. The zero-order chi connectivity index (χ0) is 24.2. The number of aryl methyl sites for hydroxylation is 1. The number of thiocarbonyl (C=S) groups is 1. The maximum Gasteiger partial charge on any atom is 0.266 e. The largest absolute Gasteiger partial charge is 0.382 e. The molecule has 0 bridgehead atoms. The Morgan fingerprint density at radius 3 is 2.79 bits per heavy atom. The summed E-state index contributed by atoms with van der Waals surface area (Å²) in [6, 6.07) is 8.26. The smallest absolute Gasteiger partial charge is 0.266 e. The van der Waals surface area contributed by atoms with Crippen molar-refractivity contribution in [3.8, 4) is 0 Å². The molecule has 0 saturated carbocycles. The Balaban J connectivity index is 1.65. The second kappa shape index (κ2) is 10.8. The quantitative estimate of drug-likeness (QED) is 0.336. The maximum absolute atomic E-state index is 13.1. The fraction of sp³-hybridized carbons (Fsp3) is 0.440. The van der Waals surface area contributed by atoms with Crippen molar-refractivity contribution in [1.29, 1.82) is 0 Å². The van der Waals surface area contributed by atoms with Crippen molar-refractivity contribution < 1.29 is 14.3 Å². The Kier molecular flexibility index (Phi) is 7.85. The van der Waals surface area contributed by atoms with E-state index >= 15 is 0 Å². The molecule has 1 aromatic heterocycles. The average Bonchev–Trinajstić information content (AvgIpc) is 3.08. The number of thioether (sulfide) groups is 1. The van der Waals surface area contributed by atoms with E-state index in [1.165, 1.54) is 11.8 Å². The van der Waals surface area contributed by atoms with Crippen LogP contribution in [0, 0.1) is 12.8 Å². The fourth-order valence-electron chi connectivity index (χ4n) is 4.34. The van der Waals surface area contributed by atoms with Crippen LogP contribution in [0.15, 0.2) is 29.2 Å². The molecule has 2 saturated heterocycles. The van der Waals surface area contributed by atoms with Gasteiger partial charge in [0.2, 0.25) is 5.91 Å². The minimum atomic E-state index is -0.241. The minimum Gasteiger partial charge on any atom is -0.382 e. The number of rotatable bonds is 8. The molecule has 2 aromatic rings. The van der Waals surface area contributed by atoms with Gasteiger partial charge in [-0.15, -0.1) is 0 Å². The number of hydrogen-bond donors (Lipinski definition) is 1. The molecule has 2 aliphatic heterocycles. The maximum atomic E-state index is 13.1. The van der Waals surface area contributed by atoms with E-state index in [0.717, 1.165) is 34.3 Å². The van der Waals surface area contributed by atoms with Gasteiger partial charge in [0, 0.05) is 49.7 Å². The number of pyridine rings is 1. The van der Waals surface area contributed by atoms with Gasteiger partial charge in [0.1, 0.15) is 10.1 Å². The number of carbonyl (C=O) groups is 2. The van der Waals surface area contributed by atoms with Gasteiger partial charge in [0.05, 0.1) is 10.4 Å². The van der Waals surface area contributed by atoms with E-state index in [1.807, 2.05) is 25.1 Å². The zero-order valence-electron chi connectivity index (χ0n) is 19.6. The van der Waals surface area contributed by atoms with E-state index < -0.39 is 0 Å². The zero-order valence-corrected chi connectivity index (χ0v) is 21.2. The molecule has 0 aliphatic carbocycles. The molecule has 7 nitrogen and oxygen atoms in total. The first-order valence-corrected chi connectivity index (χ1v) is 12.9. The molecule has 4 rings (SSSR count). The van der Waals surface area contributed by atoms with E-state index in [4.69, 9.17) is 27.7 Å². The minimum absolute atomic E-state index is 0.0748. The van der Waals surface area contributed by atoms with Crippen molar-refractivity contribution in [3.63, 3.8) is 0 Å². The van der Waals surface area contributed by atoms with Gasteiger partial charge in [0.15, 0.2) is 0 Å². The molecule has 2 aliphatic rings. The van der Waals surface area contributed by atoms with Crippen LogP contribution in [0.25, 0.3) is 17.0 Å². The van der Waals surface area contributed by atoms with Crippen LogP contribution in [-0.2, 0) is 14.3 Å². The number of fused-ring (bicyclic) bond motifs is 1. The van der Waals surface area contributed by atoms with Gasteiger partial charge in [0.25, 0.3) is 5.91 Å². The highest BCUT2D eigenvalue weighted by atomic mass is 32.2. The van der Waals surface area contributed by atoms with Crippen molar-refractivity contribution in [2.45, 2.75) is 33.1 Å². The van der Waals surface area contributed by atoms with E-state index in [2.05, 4.69) is 24.0 Å². The number of hydrogen-bond acceptors (Lipinski definition) is 7. The molecule has 9 heteroatoms. The van der Waals surface area contributed by atoms with Gasteiger partial charge in [-0.25, -0.2) is 4.98 Å². The van der Waals surface area contributed by atoms with Gasteiger partial charge in [-0.1, -0.05) is 35.6 Å². The monoisotopic (exact) mass is 498 g/mol. The molecular formula is C25H30N4O3S2. The molecule has 1 aromatic carbocycles. The third kappa shape index (κ3) is 5.42. The highest BCUT2D eigenvalue weighted by molar-refractivity contribution is 8.26. The fourth-order valence-corrected chi connectivity index (χ4v) is 5.64. The van der Waals surface area contributed by atoms with Gasteiger partial charge in [-0.05, 0) is 57.4 Å². The van der Waals surface area contributed by atoms with Crippen LogP contribution in [0.1, 0.15) is 37.3 Å². The van der Waals surface area contributed by atoms with Crippen LogP contribution < -0.4 is 10.6 Å². The number of benzene rings is 1. The molecule has 0 radical (unpaired) electrons. The summed E-state index contributed by atoms with van der Waals surface area (Å²) in [7, 11) is 0. The number of primary amides is 1. The summed E-state index contributed by atoms with van der Waals surface area (Å²) in [6.45, 7) is 7.20. The molecule has 0 unspecified atom stereocenters. The second-order valence-corrected chi connectivity index (χ2v) is 10.3. The van der Waals surface area contributed by atoms with Crippen molar-refractivity contribution >= 4 is 62.9 Å². The van der Waals surface area contributed by atoms with Crippen LogP contribution in [-0.4, -0.2) is 58.9 Å². The number of nitrogens with zero attached hydrogens (tertiary/aromatic N) is 3. The number of aromatic nitrogens is 1. The van der Waals surface area contributed by atoms with Crippen molar-refractivity contribution in [1.82, 2.24) is 9.88 Å². The normalized spacial score (nSPS) is 18.5. The number of anilines is 1. The molecule has 0 spiro atoms. The highest BCUT2D eigenvalue weighted by Gasteiger charge is 2.32. The van der Waals surface area contributed by atoms with Crippen LogP contribution in [0.2, 0.25) is 0 Å². The molecule has 2 fully saturated rings. The summed E-state index contributed by atoms with van der Waals surface area (Å²) in [5.41, 5.74) is 8.45. The standard InChI is InChI=1S/C25H30N4O3S2/c1-3-32-12-4-9-29-24(31)21(34-25(29)33)15-19-14-18-13-16(2)5-6-20(18)27-23(19)28-10-7-17(8-11-28)22(26)30/h5-6,13-15,17H,3-4,7-12H2,1-2H3,(H2,26,30)/b21-15-. The summed E-state index contributed by atoms with van der Waals surface area (Å²) in [5.74, 6) is 0.403. The van der Waals surface area contributed by atoms with E-state index in [0.29, 0.717) is 54.9 Å². The summed E-state index contributed by atoms with van der Waals surface area (Å²) in [5, 5.41) is 1.02. The summed E-state index contributed by atoms with van der Waals surface area (Å²) in [4.78, 5) is 34.2. The molecule has 2 amide bonds. The van der Waals surface area contributed by atoms with Crippen molar-refractivity contribution in [2.75, 3.05) is 37.7 Å². The van der Waals surface area contributed by atoms with Crippen LogP contribution >= 0.6 is 24.0 Å². The molecule has 180 valence electrons. The predicted molar refractivity (Wildman–Crippen MR) is 142 cm³/mol. The molecular weight excluding hydrogens is 468 g/mol. The lowest BCUT2D eigenvalue weighted by Gasteiger charge is -2.32. The third-order valence-corrected chi connectivity index (χ3v) is 7.59. The lowest BCUT2D eigenvalue weighted by atomic mass is 9.96.